The Labute approximate surface area is 108 Å². The van der Waals surface area contributed by atoms with Crippen molar-refractivity contribution in [3.8, 4) is 0 Å². The van der Waals surface area contributed by atoms with E-state index in [2.05, 4.69) is 16.2 Å². The van der Waals surface area contributed by atoms with Gasteiger partial charge in [0.05, 0.1) is 7.11 Å². The number of nitrogens with two attached hydrogens (primary N) is 1. The van der Waals surface area contributed by atoms with Crippen LogP contribution in [0.25, 0.3) is 0 Å². The van der Waals surface area contributed by atoms with Crippen LogP contribution in [-0.2, 0) is 4.74 Å². The van der Waals surface area contributed by atoms with Gasteiger partial charge in [-0.05, 0) is 18.5 Å². The van der Waals surface area contributed by atoms with E-state index in [9.17, 15) is 4.79 Å². The summed E-state index contributed by atoms with van der Waals surface area (Å²) in [5.74, 6) is 1.97. The number of hydrogen-bond donors (Lipinski definition) is 1. The van der Waals surface area contributed by atoms with Gasteiger partial charge in [-0.3, -0.25) is 0 Å². The number of esters is 1. The molecular formula is C10H15N3O2S2. The van der Waals surface area contributed by atoms with Crippen LogP contribution >= 0.6 is 23.3 Å². The average molecular weight is 273 g/mol. The van der Waals surface area contributed by atoms with Crippen molar-refractivity contribution in [2.45, 2.75) is 13.0 Å². The fourth-order valence-corrected chi connectivity index (χ4v) is 3.76. The lowest BCUT2D eigenvalue weighted by atomic mass is 10.2. The Morgan fingerprint density at radius 2 is 2.41 bits per heavy atom. The maximum Gasteiger partial charge on any atom is 0.344 e. The van der Waals surface area contributed by atoms with Crippen molar-refractivity contribution in [1.29, 1.82) is 0 Å². The van der Waals surface area contributed by atoms with Crippen molar-refractivity contribution in [3.63, 3.8) is 0 Å². The first-order valence-electron chi connectivity index (χ1n) is 5.33. The highest BCUT2D eigenvalue weighted by atomic mass is 32.2. The molecule has 94 valence electrons. The lowest BCUT2D eigenvalue weighted by Gasteiger charge is -2.33. The lowest BCUT2D eigenvalue weighted by molar-refractivity contribution is 0.0603. The minimum atomic E-state index is -0.406. The van der Waals surface area contributed by atoms with Gasteiger partial charge in [0.15, 0.2) is 5.82 Å². The van der Waals surface area contributed by atoms with E-state index in [0.29, 0.717) is 11.6 Å². The van der Waals surface area contributed by atoms with E-state index in [0.717, 1.165) is 23.1 Å². The van der Waals surface area contributed by atoms with Crippen LogP contribution in [0.3, 0.4) is 0 Å². The van der Waals surface area contributed by atoms with Gasteiger partial charge in [0, 0.05) is 24.1 Å². The highest BCUT2D eigenvalue weighted by molar-refractivity contribution is 7.99. The van der Waals surface area contributed by atoms with Crippen LogP contribution in [0, 0.1) is 0 Å². The third-order valence-corrected chi connectivity index (χ3v) is 4.81. The zero-order valence-corrected chi connectivity index (χ0v) is 11.4. The number of carbonyl (C=O) groups excluding carboxylic acids is 1. The molecule has 0 aliphatic carbocycles. The predicted octanol–water partition coefficient (Wildman–Crippen LogP) is 1.45. The monoisotopic (exact) mass is 273 g/mol. The highest BCUT2D eigenvalue weighted by Crippen LogP contribution is 2.34. The second kappa shape index (κ2) is 5.14. The normalized spacial score (nSPS) is 20.4. The number of nitrogen functional groups attached to an aromatic ring is 1. The third-order valence-electron chi connectivity index (χ3n) is 2.72. The Bertz CT molecular complexity index is 422. The molecule has 1 aliphatic rings. The van der Waals surface area contributed by atoms with Crippen LogP contribution in [0.1, 0.15) is 17.3 Å². The second-order valence-electron chi connectivity index (χ2n) is 3.86. The molecule has 1 aliphatic heterocycles. The van der Waals surface area contributed by atoms with Gasteiger partial charge in [-0.25, -0.2) is 4.79 Å². The van der Waals surface area contributed by atoms with Crippen LogP contribution in [0.2, 0.25) is 0 Å². The maximum absolute atomic E-state index is 11.7. The summed E-state index contributed by atoms with van der Waals surface area (Å²) in [6, 6.07) is 0.386. The van der Waals surface area contributed by atoms with Crippen molar-refractivity contribution >= 4 is 40.1 Å². The average Bonchev–Trinajstić information content (AvgIpc) is 2.71. The fraction of sp³-hybridized carbons (Fsp3) is 0.600. The Morgan fingerprint density at radius 3 is 3.06 bits per heavy atom. The van der Waals surface area contributed by atoms with Gasteiger partial charge in [-0.15, -0.1) is 0 Å². The van der Waals surface area contributed by atoms with Crippen LogP contribution in [0.4, 0.5) is 10.8 Å². The van der Waals surface area contributed by atoms with E-state index in [4.69, 9.17) is 10.5 Å². The molecule has 2 N–H and O–H groups in total. The molecule has 2 rings (SSSR count). The molecule has 0 saturated carbocycles. The number of aromatic nitrogens is 1. The number of ether oxygens (including phenoxy) is 1. The van der Waals surface area contributed by atoms with E-state index in [1.165, 1.54) is 18.6 Å². The largest absolute Gasteiger partial charge is 0.465 e. The van der Waals surface area contributed by atoms with Crippen LogP contribution < -0.4 is 10.6 Å². The van der Waals surface area contributed by atoms with Crippen LogP contribution in [-0.4, -0.2) is 41.5 Å². The van der Waals surface area contributed by atoms with Gasteiger partial charge in [0.2, 0.25) is 0 Å². The molecule has 1 fully saturated rings. The van der Waals surface area contributed by atoms with E-state index in [1.807, 2.05) is 11.8 Å². The standard InChI is InChI=1S/C10H15N3O2S2/c1-6-5-16-4-3-13(6)9-7(10(14)15-2)8(11)12-17-9/h6H,3-5H2,1-2H3,(H2,11,12). The molecule has 0 bridgehead atoms. The summed E-state index contributed by atoms with van der Waals surface area (Å²) in [5.41, 5.74) is 6.15. The second-order valence-corrected chi connectivity index (χ2v) is 5.76. The first-order chi connectivity index (χ1) is 8.15. The molecule has 1 aromatic heterocycles. The lowest BCUT2D eigenvalue weighted by Crippen LogP contribution is -2.40. The molecule has 2 heterocycles. The summed E-state index contributed by atoms with van der Waals surface area (Å²) < 4.78 is 8.82. The van der Waals surface area contributed by atoms with Crippen molar-refractivity contribution in [2.75, 3.05) is 35.8 Å². The molecule has 1 unspecified atom stereocenters. The van der Waals surface area contributed by atoms with Crippen LogP contribution in [0.15, 0.2) is 0 Å². The first kappa shape index (κ1) is 12.5. The molecule has 0 amide bonds. The number of nitrogens with zero attached hydrogens (tertiary/aromatic N) is 2. The number of anilines is 2. The summed E-state index contributed by atoms with van der Waals surface area (Å²) in [5, 5.41) is 0.835. The number of thioether (sulfide) groups is 1. The Balaban J connectivity index is 2.34. The van der Waals surface area contributed by atoms with Gasteiger partial charge in [-0.1, -0.05) is 0 Å². The van der Waals surface area contributed by atoms with Gasteiger partial charge < -0.3 is 15.4 Å². The molecule has 0 spiro atoms. The van der Waals surface area contributed by atoms with Gasteiger partial charge in [0.1, 0.15) is 10.6 Å². The molecule has 7 heteroatoms. The summed E-state index contributed by atoms with van der Waals surface area (Å²) >= 11 is 3.19. The molecular weight excluding hydrogens is 258 g/mol. The zero-order chi connectivity index (χ0) is 12.4. The van der Waals surface area contributed by atoms with E-state index in [-0.39, 0.29) is 5.82 Å². The van der Waals surface area contributed by atoms with E-state index < -0.39 is 5.97 Å². The Morgan fingerprint density at radius 1 is 1.65 bits per heavy atom. The molecule has 0 aromatic carbocycles. The third kappa shape index (κ3) is 2.35. The smallest absolute Gasteiger partial charge is 0.344 e. The SMILES string of the molecule is COC(=O)c1c(N)nsc1N1CCSCC1C. The quantitative estimate of drug-likeness (QED) is 0.823. The summed E-state index contributed by atoms with van der Waals surface area (Å²) in [6.07, 6.45) is 0. The van der Waals surface area contributed by atoms with E-state index in [1.54, 1.807) is 0 Å². The number of carbonyl (C=O) groups is 1. The number of methoxy groups -OCH3 is 1. The van der Waals surface area contributed by atoms with Gasteiger partial charge in [-0.2, -0.15) is 16.1 Å². The molecule has 0 radical (unpaired) electrons. The molecule has 1 atom stereocenters. The topological polar surface area (TPSA) is 68.5 Å². The Kier molecular flexibility index (Phi) is 3.78. The maximum atomic E-state index is 11.7. The number of hydrogen-bond acceptors (Lipinski definition) is 7. The van der Waals surface area contributed by atoms with Crippen molar-refractivity contribution < 1.29 is 9.53 Å². The fourth-order valence-electron chi connectivity index (χ4n) is 1.81. The van der Waals surface area contributed by atoms with Crippen molar-refractivity contribution in [1.82, 2.24) is 4.37 Å². The van der Waals surface area contributed by atoms with Crippen molar-refractivity contribution in [3.05, 3.63) is 5.56 Å². The molecule has 1 saturated heterocycles. The Hall–Kier alpha value is -0.950. The van der Waals surface area contributed by atoms with Crippen molar-refractivity contribution in [2.24, 2.45) is 0 Å². The molecule has 1 aromatic rings. The summed E-state index contributed by atoms with van der Waals surface area (Å²) in [6.45, 7) is 3.06. The number of rotatable bonds is 2. The zero-order valence-electron chi connectivity index (χ0n) is 9.80. The first-order valence-corrected chi connectivity index (χ1v) is 7.25. The highest BCUT2D eigenvalue weighted by Gasteiger charge is 2.28. The molecule has 5 nitrogen and oxygen atoms in total. The van der Waals surface area contributed by atoms with Gasteiger partial charge >= 0.3 is 5.97 Å². The van der Waals surface area contributed by atoms with E-state index >= 15 is 0 Å². The minimum absolute atomic E-state index is 0.266. The van der Waals surface area contributed by atoms with Gasteiger partial charge in [0.25, 0.3) is 0 Å². The molecule has 17 heavy (non-hydrogen) atoms. The summed E-state index contributed by atoms with van der Waals surface area (Å²) in [7, 11) is 1.36. The summed E-state index contributed by atoms with van der Waals surface area (Å²) in [4.78, 5) is 13.9. The van der Waals surface area contributed by atoms with Crippen LogP contribution in [0.5, 0.6) is 0 Å². The minimum Gasteiger partial charge on any atom is -0.465 e. The predicted molar refractivity (Wildman–Crippen MR) is 72.0 cm³/mol.